The van der Waals surface area contributed by atoms with Gasteiger partial charge in [0.2, 0.25) is 0 Å². The van der Waals surface area contributed by atoms with Crippen LogP contribution in [0, 0.1) is 0 Å². The van der Waals surface area contributed by atoms with Crippen LogP contribution in [-0.4, -0.2) is 27.9 Å². The van der Waals surface area contributed by atoms with Crippen molar-refractivity contribution in [2.45, 2.75) is 33.0 Å². The molecule has 1 unspecified atom stereocenters. The van der Waals surface area contributed by atoms with Crippen LogP contribution in [0.5, 0.6) is 0 Å². The molecule has 1 aromatic carbocycles. The summed E-state index contributed by atoms with van der Waals surface area (Å²) in [7, 11) is 0. The lowest BCUT2D eigenvalue weighted by atomic mass is 10.1. The number of hydrogen-bond acceptors (Lipinski definition) is 4. The molecule has 19 heavy (non-hydrogen) atoms. The number of nitrogens with zero attached hydrogens (tertiary/aromatic N) is 3. The van der Waals surface area contributed by atoms with Crippen LogP contribution in [0.4, 0.5) is 0 Å². The summed E-state index contributed by atoms with van der Waals surface area (Å²) >= 11 is 0. The maximum Gasteiger partial charge on any atom is 0.157 e. The molecule has 2 aromatic rings. The lowest BCUT2D eigenvalue weighted by molar-refractivity contribution is 0.272. The Balaban J connectivity index is 2.04. The molecule has 0 spiro atoms. The fourth-order valence-corrected chi connectivity index (χ4v) is 2.58. The summed E-state index contributed by atoms with van der Waals surface area (Å²) in [6.07, 6.45) is 2.05. The van der Waals surface area contributed by atoms with E-state index in [0.29, 0.717) is 6.04 Å². The summed E-state index contributed by atoms with van der Waals surface area (Å²) in [5.74, 6) is 1.01. The molecule has 2 heterocycles. The number of benzene rings is 1. The fourth-order valence-electron chi connectivity index (χ4n) is 2.58. The van der Waals surface area contributed by atoms with E-state index in [1.54, 1.807) is 0 Å². The van der Waals surface area contributed by atoms with Crippen molar-refractivity contribution in [3.05, 3.63) is 42.1 Å². The average molecular weight is 254 g/mol. The van der Waals surface area contributed by atoms with E-state index in [2.05, 4.69) is 65.4 Å². The number of pyridine rings is 1. The molecule has 0 radical (unpaired) electrons. The smallest absolute Gasteiger partial charge is 0.157 e. The van der Waals surface area contributed by atoms with Crippen LogP contribution in [0.15, 0.2) is 41.6 Å². The Labute approximate surface area is 113 Å². The van der Waals surface area contributed by atoms with Gasteiger partial charge in [0.15, 0.2) is 5.84 Å². The number of amidine groups is 1. The molecule has 4 heteroatoms. The number of aromatic nitrogens is 1. The van der Waals surface area contributed by atoms with Crippen LogP contribution in [0.3, 0.4) is 0 Å². The molecule has 0 saturated heterocycles. The summed E-state index contributed by atoms with van der Waals surface area (Å²) in [6.45, 7) is 6.49. The van der Waals surface area contributed by atoms with Crippen molar-refractivity contribution in [3.8, 4) is 0 Å². The maximum absolute atomic E-state index is 4.47. The lowest BCUT2D eigenvalue weighted by Gasteiger charge is -2.28. The van der Waals surface area contributed by atoms with E-state index in [9.17, 15) is 0 Å². The van der Waals surface area contributed by atoms with Crippen molar-refractivity contribution < 1.29 is 0 Å². The van der Waals surface area contributed by atoms with Gasteiger partial charge in [0.05, 0.1) is 5.52 Å². The standard InChI is InChI=1S/C15H18N4/c1-10(2)19-11(3)17-18-15(19)13-6-7-14-12(9-13)5-4-8-16-14/h4-11,17H,1-3H3. The monoisotopic (exact) mass is 254 g/mol. The predicted octanol–water partition coefficient (Wildman–Crippen LogP) is 2.56. The second kappa shape index (κ2) is 4.53. The van der Waals surface area contributed by atoms with E-state index in [-0.39, 0.29) is 6.17 Å². The number of nitrogens with one attached hydrogen (secondary N) is 1. The van der Waals surface area contributed by atoms with Gasteiger partial charge in [-0.2, -0.15) is 5.10 Å². The summed E-state index contributed by atoms with van der Waals surface area (Å²) < 4.78 is 0. The third-order valence-electron chi connectivity index (χ3n) is 3.44. The molecule has 1 N–H and O–H groups in total. The van der Waals surface area contributed by atoms with Crippen LogP contribution in [0.25, 0.3) is 10.9 Å². The second-order valence-corrected chi connectivity index (χ2v) is 5.15. The molecule has 4 nitrogen and oxygen atoms in total. The molecule has 1 aliphatic rings. The highest BCUT2D eigenvalue weighted by atomic mass is 15.5. The fraction of sp³-hybridized carbons (Fsp3) is 0.333. The van der Waals surface area contributed by atoms with Crippen molar-refractivity contribution in [3.63, 3.8) is 0 Å². The largest absolute Gasteiger partial charge is 0.331 e. The van der Waals surface area contributed by atoms with E-state index in [4.69, 9.17) is 0 Å². The van der Waals surface area contributed by atoms with Crippen molar-refractivity contribution in [2.75, 3.05) is 0 Å². The highest BCUT2D eigenvalue weighted by Crippen LogP contribution is 2.20. The van der Waals surface area contributed by atoms with E-state index in [1.807, 2.05) is 12.3 Å². The van der Waals surface area contributed by atoms with Crippen LogP contribution in [-0.2, 0) is 0 Å². The molecule has 0 bridgehead atoms. The van der Waals surface area contributed by atoms with Gasteiger partial charge < -0.3 is 4.90 Å². The van der Waals surface area contributed by atoms with E-state index < -0.39 is 0 Å². The third kappa shape index (κ3) is 2.03. The predicted molar refractivity (Wildman–Crippen MR) is 77.9 cm³/mol. The van der Waals surface area contributed by atoms with Gasteiger partial charge >= 0.3 is 0 Å². The minimum Gasteiger partial charge on any atom is -0.331 e. The van der Waals surface area contributed by atoms with Gasteiger partial charge in [-0.05, 0) is 45.0 Å². The Kier molecular flexibility index (Phi) is 2.85. The molecular formula is C15H18N4. The van der Waals surface area contributed by atoms with Crippen LogP contribution < -0.4 is 5.43 Å². The molecule has 0 saturated carbocycles. The van der Waals surface area contributed by atoms with Crippen molar-refractivity contribution in [2.24, 2.45) is 5.10 Å². The molecule has 98 valence electrons. The zero-order valence-electron chi connectivity index (χ0n) is 11.5. The highest BCUT2D eigenvalue weighted by molar-refractivity contribution is 6.02. The summed E-state index contributed by atoms with van der Waals surface area (Å²) in [4.78, 5) is 6.64. The normalized spacial score (nSPS) is 18.8. The Bertz CT molecular complexity index is 633. The van der Waals surface area contributed by atoms with Crippen molar-refractivity contribution in [1.82, 2.24) is 15.3 Å². The van der Waals surface area contributed by atoms with Crippen LogP contribution in [0.1, 0.15) is 26.3 Å². The van der Waals surface area contributed by atoms with Gasteiger partial charge in [0, 0.05) is 23.2 Å². The Morgan fingerprint density at radius 3 is 2.89 bits per heavy atom. The molecule has 1 atom stereocenters. The first-order valence-corrected chi connectivity index (χ1v) is 6.63. The van der Waals surface area contributed by atoms with Gasteiger partial charge in [-0.25, -0.2) is 0 Å². The van der Waals surface area contributed by atoms with E-state index >= 15 is 0 Å². The topological polar surface area (TPSA) is 40.5 Å². The molecule has 0 amide bonds. The number of rotatable bonds is 2. The lowest BCUT2D eigenvalue weighted by Crippen LogP contribution is -2.42. The molecule has 0 fully saturated rings. The Morgan fingerprint density at radius 2 is 2.11 bits per heavy atom. The van der Waals surface area contributed by atoms with E-state index in [0.717, 1.165) is 22.3 Å². The quantitative estimate of drug-likeness (QED) is 0.895. The Morgan fingerprint density at radius 1 is 1.26 bits per heavy atom. The van der Waals surface area contributed by atoms with Gasteiger partial charge in [-0.3, -0.25) is 10.4 Å². The first-order valence-electron chi connectivity index (χ1n) is 6.63. The number of hydrogen-bond donors (Lipinski definition) is 1. The minimum atomic E-state index is 0.236. The minimum absolute atomic E-state index is 0.236. The molecule has 1 aromatic heterocycles. The van der Waals surface area contributed by atoms with Crippen molar-refractivity contribution in [1.29, 1.82) is 0 Å². The first kappa shape index (κ1) is 12.0. The highest BCUT2D eigenvalue weighted by Gasteiger charge is 2.27. The van der Waals surface area contributed by atoms with Gasteiger partial charge in [0.25, 0.3) is 0 Å². The van der Waals surface area contributed by atoms with Crippen molar-refractivity contribution >= 4 is 16.7 Å². The molecular weight excluding hydrogens is 236 g/mol. The number of hydrazone groups is 1. The maximum atomic E-state index is 4.47. The third-order valence-corrected chi connectivity index (χ3v) is 3.44. The van der Waals surface area contributed by atoms with E-state index in [1.165, 1.54) is 0 Å². The molecule has 1 aliphatic heterocycles. The summed E-state index contributed by atoms with van der Waals surface area (Å²) in [5, 5.41) is 5.61. The van der Waals surface area contributed by atoms with Gasteiger partial charge in [0.1, 0.15) is 6.17 Å². The summed E-state index contributed by atoms with van der Waals surface area (Å²) in [6, 6.07) is 10.7. The SMILES string of the molecule is CC(C)N1C(c2ccc3ncccc3c2)=NNC1C. The number of fused-ring (bicyclic) bond motifs is 1. The van der Waals surface area contributed by atoms with Crippen LogP contribution >= 0.6 is 0 Å². The molecule has 3 rings (SSSR count). The molecule has 0 aliphatic carbocycles. The summed E-state index contributed by atoms with van der Waals surface area (Å²) in [5.41, 5.74) is 5.29. The zero-order valence-corrected chi connectivity index (χ0v) is 11.5. The van der Waals surface area contributed by atoms with Gasteiger partial charge in [-0.15, -0.1) is 0 Å². The average Bonchev–Trinajstić information content (AvgIpc) is 2.80. The van der Waals surface area contributed by atoms with Gasteiger partial charge in [-0.1, -0.05) is 6.07 Å². The Hall–Kier alpha value is -2.10. The van der Waals surface area contributed by atoms with Crippen LogP contribution in [0.2, 0.25) is 0 Å². The zero-order chi connectivity index (χ0) is 13.4. The second-order valence-electron chi connectivity index (χ2n) is 5.15. The first-order chi connectivity index (χ1) is 9.16.